The standard InChI is InChI=1S/C16H16N2O/c17-10-1-2-14-3-5-16(6-4-14)19-13-9-15-7-11-18-12-8-15/h3-8,11-12H,9-10,13,17H2. The second kappa shape index (κ2) is 7.20. The van der Waals surface area contributed by atoms with E-state index >= 15 is 0 Å². The lowest BCUT2D eigenvalue weighted by Crippen LogP contribution is -2.01. The highest BCUT2D eigenvalue weighted by Crippen LogP contribution is 2.12. The van der Waals surface area contributed by atoms with Crippen LogP contribution in [0.15, 0.2) is 48.8 Å². The zero-order valence-electron chi connectivity index (χ0n) is 10.7. The molecule has 0 saturated heterocycles. The first-order valence-corrected chi connectivity index (χ1v) is 6.19. The number of pyridine rings is 1. The van der Waals surface area contributed by atoms with E-state index in [1.165, 1.54) is 5.56 Å². The Hall–Kier alpha value is -2.31. The van der Waals surface area contributed by atoms with Gasteiger partial charge in [0.15, 0.2) is 0 Å². The topological polar surface area (TPSA) is 48.1 Å². The second-order valence-electron chi connectivity index (χ2n) is 3.98. The van der Waals surface area contributed by atoms with Crippen molar-refractivity contribution in [3.8, 4) is 17.6 Å². The van der Waals surface area contributed by atoms with E-state index in [2.05, 4.69) is 16.8 Å². The molecular weight excluding hydrogens is 236 g/mol. The number of ether oxygens (including phenoxy) is 1. The van der Waals surface area contributed by atoms with E-state index in [4.69, 9.17) is 10.5 Å². The number of aromatic nitrogens is 1. The van der Waals surface area contributed by atoms with E-state index in [1.54, 1.807) is 12.4 Å². The maximum atomic E-state index is 5.68. The molecule has 0 aliphatic carbocycles. The van der Waals surface area contributed by atoms with Crippen molar-refractivity contribution in [2.24, 2.45) is 5.73 Å². The Morgan fingerprint density at radius 1 is 1.05 bits per heavy atom. The fourth-order valence-corrected chi connectivity index (χ4v) is 1.62. The Labute approximate surface area is 113 Å². The molecule has 96 valence electrons. The van der Waals surface area contributed by atoms with Crippen LogP contribution in [0.25, 0.3) is 0 Å². The minimum atomic E-state index is 0.379. The third-order valence-corrected chi connectivity index (χ3v) is 2.60. The van der Waals surface area contributed by atoms with Crippen molar-refractivity contribution in [1.29, 1.82) is 0 Å². The van der Waals surface area contributed by atoms with Crippen molar-refractivity contribution in [2.45, 2.75) is 6.42 Å². The molecule has 0 saturated carbocycles. The molecule has 3 nitrogen and oxygen atoms in total. The molecule has 0 bridgehead atoms. The average Bonchev–Trinajstić information content (AvgIpc) is 2.47. The van der Waals surface area contributed by atoms with Gasteiger partial charge >= 0.3 is 0 Å². The van der Waals surface area contributed by atoms with E-state index < -0.39 is 0 Å². The van der Waals surface area contributed by atoms with Gasteiger partial charge in [0.2, 0.25) is 0 Å². The number of hydrogen-bond donors (Lipinski definition) is 1. The molecule has 0 amide bonds. The fraction of sp³-hybridized carbons (Fsp3) is 0.188. The zero-order valence-corrected chi connectivity index (χ0v) is 10.7. The van der Waals surface area contributed by atoms with Gasteiger partial charge in [-0.3, -0.25) is 4.98 Å². The molecule has 1 aromatic carbocycles. The van der Waals surface area contributed by atoms with Crippen LogP contribution in [0, 0.1) is 11.8 Å². The molecule has 2 aromatic rings. The van der Waals surface area contributed by atoms with Gasteiger partial charge in [-0.15, -0.1) is 0 Å². The molecule has 0 atom stereocenters. The normalized spacial score (nSPS) is 9.53. The summed E-state index contributed by atoms with van der Waals surface area (Å²) in [6.45, 7) is 1.03. The van der Waals surface area contributed by atoms with Gasteiger partial charge in [0.25, 0.3) is 0 Å². The maximum absolute atomic E-state index is 5.68. The minimum absolute atomic E-state index is 0.379. The van der Waals surface area contributed by atoms with E-state index in [0.717, 1.165) is 17.7 Å². The van der Waals surface area contributed by atoms with Crippen LogP contribution in [0.1, 0.15) is 11.1 Å². The van der Waals surface area contributed by atoms with E-state index in [9.17, 15) is 0 Å². The Kier molecular flexibility index (Phi) is 4.97. The first-order chi connectivity index (χ1) is 9.38. The molecule has 1 aromatic heterocycles. The van der Waals surface area contributed by atoms with Crippen LogP contribution in [0.3, 0.4) is 0 Å². The molecule has 19 heavy (non-hydrogen) atoms. The predicted molar refractivity (Wildman–Crippen MR) is 75.8 cm³/mol. The van der Waals surface area contributed by atoms with Crippen LogP contribution in [-0.4, -0.2) is 18.1 Å². The highest BCUT2D eigenvalue weighted by Gasteiger charge is 1.95. The Balaban J connectivity index is 1.83. The zero-order chi connectivity index (χ0) is 13.3. The van der Waals surface area contributed by atoms with Gasteiger partial charge in [-0.25, -0.2) is 0 Å². The lowest BCUT2D eigenvalue weighted by atomic mass is 10.2. The maximum Gasteiger partial charge on any atom is 0.119 e. The van der Waals surface area contributed by atoms with Crippen LogP contribution >= 0.6 is 0 Å². The molecule has 0 radical (unpaired) electrons. The Bertz CT molecular complexity index is 553. The minimum Gasteiger partial charge on any atom is -0.493 e. The Morgan fingerprint density at radius 2 is 1.79 bits per heavy atom. The molecule has 0 spiro atoms. The van der Waals surface area contributed by atoms with Crippen LogP contribution < -0.4 is 10.5 Å². The van der Waals surface area contributed by atoms with Gasteiger partial charge in [-0.05, 0) is 42.0 Å². The molecule has 0 aliphatic heterocycles. The number of nitrogens with two attached hydrogens (primary N) is 1. The van der Waals surface area contributed by atoms with Crippen molar-refractivity contribution in [3.05, 3.63) is 59.9 Å². The number of rotatable bonds is 4. The molecule has 0 fully saturated rings. The SMILES string of the molecule is NCC#Cc1ccc(OCCc2ccncc2)cc1. The second-order valence-corrected chi connectivity index (χ2v) is 3.98. The monoisotopic (exact) mass is 252 g/mol. The molecule has 2 rings (SSSR count). The third kappa shape index (κ3) is 4.46. The molecule has 0 aliphatic rings. The van der Waals surface area contributed by atoms with E-state index in [0.29, 0.717) is 13.2 Å². The summed E-state index contributed by atoms with van der Waals surface area (Å²) < 4.78 is 5.68. The fourth-order valence-electron chi connectivity index (χ4n) is 1.62. The third-order valence-electron chi connectivity index (χ3n) is 2.60. The van der Waals surface area contributed by atoms with Crippen LogP contribution in [0.4, 0.5) is 0 Å². The van der Waals surface area contributed by atoms with Crippen molar-refractivity contribution in [3.63, 3.8) is 0 Å². The van der Waals surface area contributed by atoms with Crippen LogP contribution in [-0.2, 0) is 6.42 Å². The van der Waals surface area contributed by atoms with Crippen molar-refractivity contribution in [1.82, 2.24) is 4.98 Å². The summed E-state index contributed by atoms with van der Waals surface area (Å²) in [6.07, 6.45) is 4.46. The van der Waals surface area contributed by atoms with Crippen molar-refractivity contribution >= 4 is 0 Å². The summed E-state index contributed by atoms with van der Waals surface area (Å²) >= 11 is 0. The van der Waals surface area contributed by atoms with Crippen molar-refractivity contribution < 1.29 is 4.74 Å². The van der Waals surface area contributed by atoms with Crippen LogP contribution in [0.5, 0.6) is 5.75 Å². The number of hydrogen-bond acceptors (Lipinski definition) is 3. The summed E-state index contributed by atoms with van der Waals surface area (Å²) in [5, 5.41) is 0. The number of nitrogens with zero attached hydrogens (tertiary/aromatic N) is 1. The lowest BCUT2D eigenvalue weighted by molar-refractivity contribution is 0.322. The molecule has 1 heterocycles. The van der Waals surface area contributed by atoms with E-state index in [-0.39, 0.29) is 0 Å². The van der Waals surface area contributed by atoms with Gasteiger partial charge in [0.1, 0.15) is 5.75 Å². The highest BCUT2D eigenvalue weighted by molar-refractivity contribution is 5.38. The first kappa shape index (κ1) is 13.1. The lowest BCUT2D eigenvalue weighted by Gasteiger charge is -2.06. The van der Waals surface area contributed by atoms with Crippen LogP contribution in [0.2, 0.25) is 0 Å². The van der Waals surface area contributed by atoms with Crippen molar-refractivity contribution in [2.75, 3.05) is 13.2 Å². The molecule has 0 unspecified atom stereocenters. The molecule has 3 heteroatoms. The number of benzene rings is 1. The highest BCUT2D eigenvalue weighted by atomic mass is 16.5. The first-order valence-electron chi connectivity index (χ1n) is 6.19. The Morgan fingerprint density at radius 3 is 2.47 bits per heavy atom. The summed E-state index contributed by atoms with van der Waals surface area (Å²) in [6, 6.07) is 11.7. The van der Waals surface area contributed by atoms with E-state index in [1.807, 2.05) is 36.4 Å². The average molecular weight is 252 g/mol. The summed E-state index contributed by atoms with van der Waals surface area (Å²) in [4.78, 5) is 3.98. The molecular formula is C16H16N2O. The quantitative estimate of drug-likeness (QED) is 0.847. The summed E-state index contributed by atoms with van der Waals surface area (Å²) in [7, 11) is 0. The van der Waals surface area contributed by atoms with Gasteiger partial charge in [-0.1, -0.05) is 11.8 Å². The molecule has 2 N–H and O–H groups in total. The van der Waals surface area contributed by atoms with Gasteiger partial charge in [0.05, 0.1) is 13.2 Å². The summed E-state index contributed by atoms with van der Waals surface area (Å²) in [5.74, 6) is 6.65. The van der Waals surface area contributed by atoms with Gasteiger partial charge in [-0.2, -0.15) is 0 Å². The van der Waals surface area contributed by atoms with Gasteiger partial charge in [0, 0.05) is 24.4 Å². The van der Waals surface area contributed by atoms with Gasteiger partial charge < -0.3 is 10.5 Å². The summed E-state index contributed by atoms with van der Waals surface area (Å²) in [5.41, 5.74) is 7.50. The largest absolute Gasteiger partial charge is 0.493 e. The smallest absolute Gasteiger partial charge is 0.119 e. The predicted octanol–water partition coefficient (Wildman–Crippen LogP) is 2.01.